The molecular formula is C13H16NO4S+. The molecule has 0 spiro atoms. The van der Waals surface area contributed by atoms with Gasteiger partial charge in [-0.05, 0) is 24.6 Å². The SMILES string of the molecule is Cc1cc[n+](CCCS(=O)(=O)O)c2cc(O)ccc12. The third kappa shape index (κ3) is 3.42. The minimum absolute atomic E-state index is 0.168. The summed E-state index contributed by atoms with van der Waals surface area (Å²) in [5.74, 6) is -0.101. The Balaban J connectivity index is 2.33. The molecule has 0 radical (unpaired) electrons. The number of pyridine rings is 1. The number of phenolic OH excluding ortho intramolecular Hbond substituents is 1. The van der Waals surface area contributed by atoms with E-state index in [1.165, 1.54) is 0 Å². The van der Waals surface area contributed by atoms with Crippen molar-refractivity contribution in [3.8, 4) is 5.75 Å². The van der Waals surface area contributed by atoms with E-state index in [0.717, 1.165) is 16.5 Å². The van der Waals surface area contributed by atoms with Crippen molar-refractivity contribution in [1.29, 1.82) is 0 Å². The lowest BCUT2D eigenvalue weighted by Gasteiger charge is -2.04. The molecule has 2 rings (SSSR count). The summed E-state index contributed by atoms with van der Waals surface area (Å²) in [6.45, 7) is 2.43. The Morgan fingerprint density at radius 3 is 2.68 bits per heavy atom. The number of benzene rings is 1. The molecular weight excluding hydrogens is 266 g/mol. The van der Waals surface area contributed by atoms with Gasteiger partial charge in [0.05, 0.1) is 11.8 Å². The number of rotatable bonds is 4. The molecule has 1 heterocycles. The summed E-state index contributed by atoms with van der Waals surface area (Å²) in [5.41, 5.74) is 1.93. The Morgan fingerprint density at radius 1 is 1.26 bits per heavy atom. The maximum Gasteiger partial charge on any atom is 0.265 e. The fourth-order valence-corrected chi connectivity index (χ4v) is 2.57. The standard InChI is InChI=1S/C13H15NO4S/c1-10-5-7-14(6-2-8-19(16,17)18)13-9-11(15)3-4-12(10)13/h3-5,7,9H,2,6,8H2,1H3,(H,16,17,18)/p+1. The zero-order valence-corrected chi connectivity index (χ0v) is 11.4. The van der Waals surface area contributed by atoms with Gasteiger partial charge in [0.1, 0.15) is 12.3 Å². The molecule has 5 nitrogen and oxygen atoms in total. The number of phenols is 1. The second kappa shape index (κ2) is 5.14. The summed E-state index contributed by atoms with van der Waals surface area (Å²) in [6, 6.07) is 7.04. The quantitative estimate of drug-likeness (QED) is 0.656. The molecule has 1 aromatic heterocycles. The number of hydrogen-bond acceptors (Lipinski definition) is 3. The van der Waals surface area contributed by atoms with Crippen molar-refractivity contribution in [2.24, 2.45) is 0 Å². The number of nitrogens with zero attached hydrogens (tertiary/aromatic N) is 1. The summed E-state index contributed by atoms with van der Waals surface area (Å²) in [6.07, 6.45) is 2.17. The van der Waals surface area contributed by atoms with Crippen LogP contribution in [0.25, 0.3) is 10.9 Å². The monoisotopic (exact) mass is 282 g/mol. The molecule has 0 aliphatic rings. The average Bonchev–Trinajstić information content (AvgIpc) is 2.30. The first-order valence-electron chi connectivity index (χ1n) is 5.94. The molecule has 0 unspecified atom stereocenters. The summed E-state index contributed by atoms with van der Waals surface area (Å²) < 4.78 is 32.0. The molecule has 2 aromatic rings. The average molecular weight is 282 g/mol. The van der Waals surface area contributed by atoms with Gasteiger partial charge in [-0.15, -0.1) is 0 Å². The van der Waals surface area contributed by atoms with E-state index in [1.54, 1.807) is 12.1 Å². The highest BCUT2D eigenvalue weighted by atomic mass is 32.2. The molecule has 0 aliphatic heterocycles. The highest BCUT2D eigenvalue weighted by molar-refractivity contribution is 7.85. The van der Waals surface area contributed by atoms with Crippen molar-refractivity contribution in [1.82, 2.24) is 0 Å². The normalized spacial score (nSPS) is 11.9. The second-order valence-corrected chi connectivity index (χ2v) is 6.11. The lowest BCUT2D eigenvalue weighted by Crippen LogP contribution is -2.35. The van der Waals surface area contributed by atoms with Gasteiger partial charge in [0.2, 0.25) is 5.52 Å². The molecule has 2 N–H and O–H groups in total. The molecule has 19 heavy (non-hydrogen) atoms. The highest BCUT2D eigenvalue weighted by Crippen LogP contribution is 2.19. The number of hydrogen-bond donors (Lipinski definition) is 2. The minimum atomic E-state index is -3.93. The molecule has 0 fully saturated rings. The van der Waals surface area contributed by atoms with Crippen LogP contribution in [0.1, 0.15) is 12.0 Å². The fraction of sp³-hybridized carbons (Fsp3) is 0.308. The Bertz CT molecular complexity index is 710. The van der Waals surface area contributed by atoms with Crippen LogP contribution in [0.15, 0.2) is 30.5 Å². The van der Waals surface area contributed by atoms with Gasteiger partial charge < -0.3 is 5.11 Å². The Hall–Kier alpha value is -1.66. The van der Waals surface area contributed by atoms with E-state index in [4.69, 9.17) is 4.55 Å². The third-order valence-electron chi connectivity index (χ3n) is 3.02. The molecule has 1 aromatic carbocycles. The van der Waals surface area contributed by atoms with E-state index in [9.17, 15) is 13.5 Å². The van der Waals surface area contributed by atoms with Crippen molar-refractivity contribution in [2.45, 2.75) is 19.9 Å². The van der Waals surface area contributed by atoms with Gasteiger partial charge in [0.15, 0.2) is 6.20 Å². The number of aromatic nitrogens is 1. The van der Waals surface area contributed by atoms with Crippen LogP contribution in [-0.4, -0.2) is 23.8 Å². The van der Waals surface area contributed by atoms with Crippen LogP contribution in [0.4, 0.5) is 0 Å². The number of fused-ring (bicyclic) bond motifs is 1. The van der Waals surface area contributed by atoms with Gasteiger partial charge in [-0.2, -0.15) is 13.0 Å². The summed E-state index contributed by atoms with van der Waals surface area (Å²) >= 11 is 0. The summed E-state index contributed by atoms with van der Waals surface area (Å²) in [4.78, 5) is 0. The zero-order valence-electron chi connectivity index (χ0n) is 10.6. The first-order valence-corrected chi connectivity index (χ1v) is 7.55. The van der Waals surface area contributed by atoms with Crippen molar-refractivity contribution < 1.29 is 22.6 Å². The molecule has 0 saturated carbocycles. The first-order chi connectivity index (χ1) is 8.87. The lowest BCUT2D eigenvalue weighted by atomic mass is 10.1. The van der Waals surface area contributed by atoms with Crippen LogP contribution in [0.2, 0.25) is 0 Å². The van der Waals surface area contributed by atoms with Crippen molar-refractivity contribution in [2.75, 3.05) is 5.75 Å². The van der Waals surface area contributed by atoms with Gasteiger partial charge in [-0.25, -0.2) is 0 Å². The van der Waals surface area contributed by atoms with Crippen LogP contribution in [0, 0.1) is 6.92 Å². The predicted octanol–water partition coefficient (Wildman–Crippen LogP) is 1.42. The van der Waals surface area contributed by atoms with E-state index in [1.807, 2.05) is 29.8 Å². The topological polar surface area (TPSA) is 78.5 Å². The molecule has 102 valence electrons. The third-order valence-corrected chi connectivity index (χ3v) is 3.83. The smallest absolute Gasteiger partial charge is 0.265 e. The predicted molar refractivity (Wildman–Crippen MR) is 71.6 cm³/mol. The first kappa shape index (κ1) is 13.8. The van der Waals surface area contributed by atoms with Crippen molar-refractivity contribution in [3.05, 3.63) is 36.0 Å². The van der Waals surface area contributed by atoms with Gasteiger partial charge in [-0.3, -0.25) is 4.55 Å². The molecule has 0 atom stereocenters. The van der Waals surface area contributed by atoms with Gasteiger partial charge in [0, 0.05) is 17.9 Å². The van der Waals surface area contributed by atoms with Gasteiger partial charge in [-0.1, -0.05) is 0 Å². The Kier molecular flexibility index (Phi) is 3.73. The second-order valence-electron chi connectivity index (χ2n) is 4.53. The van der Waals surface area contributed by atoms with Crippen LogP contribution in [0.3, 0.4) is 0 Å². The van der Waals surface area contributed by atoms with Crippen LogP contribution in [0.5, 0.6) is 5.75 Å². The van der Waals surface area contributed by atoms with Crippen molar-refractivity contribution in [3.63, 3.8) is 0 Å². The zero-order chi connectivity index (χ0) is 14.0. The molecule has 6 heteroatoms. The van der Waals surface area contributed by atoms with Crippen molar-refractivity contribution >= 4 is 21.0 Å². The molecule has 0 aliphatic carbocycles. The van der Waals surface area contributed by atoms with Gasteiger partial charge >= 0.3 is 0 Å². The van der Waals surface area contributed by atoms with Crippen LogP contribution in [-0.2, 0) is 16.7 Å². The van der Waals surface area contributed by atoms with E-state index in [2.05, 4.69) is 0 Å². The molecule has 0 saturated heterocycles. The van der Waals surface area contributed by atoms with E-state index in [0.29, 0.717) is 13.0 Å². The largest absolute Gasteiger partial charge is 0.508 e. The molecule has 0 amide bonds. The Labute approximate surface area is 111 Å². The fourth-order valence-electron chi connectivity index (χ4n) is 2.08. The van der Waals surface area contributed by atoms with Crippen LogP contribution >= 0.6 is 0 Å². The lowest BCUT2D eigenvalue weighted by molar-refractivity contribution is -0.671. The van der Waals surface area contributed by atoms with E-state index >= 15 is 0 Å². The Morgan fingerprint density at radius 2 is 2.00 bits per heavy atom. The summed E-state index contributed by atoms with van der Waals surface area (Å²) in [7, 11) is -3.93. The summed E-state index contributed by atoms with van der Waals surface area (Å²) in [5, 5.41) is 10.6. The maximum absolute atomic E-state index is 10.7. The highest BCUT2D eigenvalue weighted by Gasteiger charge is 2.13. The number of aromatic hydroxyl groups is 1. The maximum atomic E-state index is 10.7. The molecule has 0 bridgehead atoms. The van der Waals surface area contributed by atoms with Crippen LogP contribution < -0.4 is 4.57 Å². The number of aryl methyl sites for hydroxylation is 2. The van der Waals surface area contributed by atoms with E-state index < -0.39 is 10.1 Å². The van der Waals surface area contributed by atoms with Gasteiger partial charge in [0.25, 0.3) is 10.1 Å². The van der Waals surface area contributed by atoms with E-state index in [-0.39, 0.29) is 11.5 Å². The minimum Gasteiger partial charge on any atom is -0.508 e.